The minimum absolute atomic E-state index is 0.000343. The molecule has 1 aliphatic carbocycles. The van der Waals surface area contributed by atoms with Crippen LogP contribution in [0.15, 0.2) is 59.5 Å². The topological polar surface area (TPSA) is 62.5 Å². The Bertz CT molecular complexity index is 1410. The lowest BCUT2D eigenvalue weighted by Gasteiger charge is -2.39. The second-order valence-corrected chi connectivity index (χ2v) is 10.8. The van der Waals surface area contributed by atoms with Crippen molar-refractivity contribution < 1.29 is 14.3 Å². The third-order valence-electron chi connectivity index (χ3n) is 7.91. The van der Waals surface area contributed by atoms with Crippen LogP contribution in [0.25, 0.3) is 11.1 Å². The lowest BCUT2D eigenvalue weighted by atomic mass is 9.86. The predicted molar refractivity (Wildman–Crippen MR) is 149 cm³/mol. The normalized spacial score (nSPS) is 16.2. The molecular formula is C32H35FN2O3. The van der Waals surface area contributed by atoms with Crippen molar-refractivity contribution >= 4 is 17.1 Å². The summed E-state index contributed by atoms with van der Waals surface area (Å²) in [4.78, 5) is 26.4. The smallest absolute Gasteiger partial charge is 0.335 e. The summed E-state index contributed by atoms with van der Waals surface area (Å²) in [6.45, 7) is 4.51. The molecule has 2 heterocycles. The second kappa shape index (κ2) is 11.1. The van der Waals surface area contributed by atoms with Crippen molar-refractivity contribution in [3.05, 3.63) is 104 Å². The lowest BCUT2D eigenvalue weighted by molar-refractivity contribution is 0.0696. The van der Waals surface area contributed by atoms with Gasteiger partial charge >= 0.3 is 5.97 Å². The largest absolute Gasteiger partial charge is 0.478 e. The van der Waals surface area contributed by atoms with E-state index in [9.17, 15) is 19.1 Å². The van der Waals surface area contributed by atoms with E-state index in [4.69, 9.17) is 0 Å². The van der Waals surface area contributed by atoms with Crippen molar-refractivity contribution in [2.24, 2.45) is 13.0 Å². The van der Waals surface area contributed by atoms with Crippen LogP contribution in [-0.4, -0.2) is 46.9 Å². The first-order valence-corrected chi connectivity index (χ1v) is 13.5. The Labute approximate surface area is 223 Å². The molecule has 38 heavy (non-hydrogen) atoms. The number of alkyl halides is 1. The minimum Gasteiger partial charge on any atom is -0.478 e. The highest BCUT2D eigenvalue weighted by atomic mass is 19.1. The molecule has 5 rings (SSSR count). The number of halogens is 1. The number of likely N-dealkylation sites (tertiary alicyclic amines) is 1. The third-order valence-corrected chi connectivity index (χ3v) is 7.91. The van der Waals surface area contributed by atoms with Crippen LogP contribution in [0.1, 0.15) is 63.0 Å². The fourth-order valence-electron chi connectivity index (χ4n) is 5.99. The molecule has 0 unspecified atom stereocenters. The van der Waals surface area contributed by atoms with Crippen LogP contribution in [0.3, 0.4) is 0 Å². The number of aromatic nitrogens is 1. The van der Waals surface area contributed by atoms with Crippen LogP contribution in [0.2, 0.25) is 0 Å². The van der Waals surface area contributed by atoms with E-state index < -0.39 is 5.97 Å². The van der Waals surface area contributed by atoms with Crippen molar-refractivity contribution in [1.82, 2.24) is 9.47 Å². The highest BCUT2D eigenvalue weighted by molar-refractivity contribution is 6.00. The van der Waals surface area contributed by atoms with Crippen molar-refractivity contribution in [2.45, 2.75) is 39.0 Å². The molecule has 6 heteroatoms. The van der Waals surface area contributed by atoms with Crippen molar-refractivity contribution in [2.75, 3.05) is 26.3 Å². The van der Waals surface area contributed by atoms with Gasteiger partial charge in [0.25, 0.3) is 5.56 Å². The Morgan fingerprint density at radius 1 is 1.05 bits per heavy atom. The van der Waals surface area contributed by atoms with E-state index in [0.29, 0.717) is 23.5 Å². The molecule has 2 aliphatic rings. The number of carboxylic acids is 1. The van der Waals surface area contributed by atoms with E-state index in [0.717, 1.165) is 73.1 Å². The summed E-state index contributed by atoms with van der Waals surface area (Å²) < 4.78 is 14.1. The number of fused-ring (bicyclic) bond motifs is 1. The van der Waals surface area contributed by atoms with Gasteiger partial charge in [0.15, 0.2) is 0 Å². The summed E-state index contributed by atoms with van der Waals surface area (Å²) in [5, 5.41) is 9.58. The predicted octanol–water partition coefficient (Wildman–Crippen LogP) is 5.52. The Hall–Kier alpha value is -3.51. The van der Waals surface area contributed by atoms with Gasteiger partial charge in [0.2, 0.25) is 0 Å². The molecule has 1 fully saturated rings. The van der Waals surface area contributed by atoms with Crippen LogP contribution in [0.5, 0.6) is 0 Å². The summed E-state index contributed by atoms with van der Waals surface area (Å²) in [5.74, 6) is -0.308. The summed E-state index contributed by atoms with van der Waals surface area (Å²) in [6.07, 6.45) is 6.08. The van der Waals surface area contributed by atoms with Gasteiger partial charge in [-0.2, -0.15) is 0 Å². The van der Waals surface area contributed by atoms with Crippen LogP contribution in [0, 0.1) is 12.8 Å². The Morgan fingerprint density at radius 2 is 1.82 bits per heavy atom. The average Bonchev–Trinajstić information content (AvgIpc) is 3.07. The maximum atomic E-state index is 12.4. The van der Waals surface area contributed by atoms with Crippen LogP contribution in [0.4, 0.5) is 4.39 Å². The van der Waals surface area contributed by atoms with E-state index in [1.165, 1.54) is 11.1 Å². The van der Waals surface area contributed by atoms with Crippen molar-refractivity contribution in [3.63, 3.8) is 0 Å². The zero-order valence-electron chi connectivity index (χ0n) is 22.2. The molecule has 1 saturated heterocycles. The Morgan fingerprint density at radius 3 is 2.50 bits per heavy atom. The van der Waals surface area contributed by atoms with Gasteiger partial charge in [0.05, 0.1) is 12.2 Å². The molecule has 0 radical (unpaired) electrons. The molecule has 2 aromatic carbocycles. The van der Waals surface area contributed by atoms with Gasteiger partial charge in [-0.3, -0.25) is 9.18 Å². The number of nitrogens with zero attached hydrogens (tertiary/aromatic N) is 2. The molecule has 1 N–H and O–H groups in total. The maximum Gasteiger partial charge on any atom is 0.335 e. The number of aromatic carboxylic acids is 1. The third kappa shape index (κ3) is 5.37. The quantitative estimate of drug-likeness (QED) is 0.430. The standard InChI is InChI=1S/C32H35FN2O3/c1-21-15-27(20-34(2)31(21)36)28-6-3-5-25-17-26(32(37)38)11-12-29(25)30(28)24-9-7-22(8-10-24)16-23-18-35(19-23)14-4-13-33/h7-12,15,17,20,23H,3-6,13-14,16,18-19H2,1-2H3,(H,37,38). The van der Waals surface area contributed by atoms with Gasteiger partial charge in [0.1, 0.15) is 0 Å². The van der Waals surface area contributed by atoms with Crippen LogP contribution < -0.4 is 5.56 Å². The second-order valence-electron chi connectivity index (χ2n) is 10.8. The maximum absolute atomic E-state index is 12.4. The number of benzene rings is 2. The Kier molecular flexibility index (Phi) is 7.61. The van der Waals surface area contributed by atoms with Gasteiger partial charge in [0, 0.05) is 38.4 Å². The number of hydrogen-bond donors (Lipinski definition) is 1. The summed E-state index contributed by atoms with van der Waals surface area (Å²) >= 11 is 0. The molecule has 198 valence electrons. The molecule has 0 amide bonds. The molecule has 5 nitrogen and oxygen atoms in total. The molecular weight excluding hydrogens is 479 g/mol. The number of hydrogen-bond acceptors (Lipinski definition) is 3. The highest BCUT2D eigenvalue weighted by Gasteiger charge is 2.26. The number of rotatable bonds is 8. The van der Waals surface area contributed by atoms with Gasteiger partial charge in [-0.15, -0.1) is 0 Å². The van der Waals surface area contributed by atoms with E-state index in [-0.39, 0.29) is 12.2 Å². The monoisotopic (exact) mass is 514 g/mol. The molecule has 1 aromatic heterocycles. The number of carboxylic acid groups (broad SMARTS) is 1. The van der Waals surface area contributed by atoms with Crippen LogP contribution in [-0.2, 0) is 19.9 Å². The molecule has 0 spiro atoms. The summed E-state index contributed by atoms with van der Waals surface area (Å²) in [7, 11) is 1.79. The molecule has 0 atom stereocenters. The first-order chi connectivity index (χ1) is 18.3. The number of aryl methyl sites for hydroxylation is 3. The fourth-order valence-corrected chi connectivity index (χ4v) is 5.99. The molecule has 0 bridgehead atoms. The Balaban J connectivity index is 1.53. The minimum atomic E-state index is -0.917. The lowest BCUT2D eigenvalue weighted by Crippen LogP contribution is -2.47. The van der Waals surface area contributed by atoms with Crippen molar-refractivity contribution in [3.8, 4) is 0 Å². The first kappa shape index (κ1) is 26.1. The number of pyridine rings is 1. The summed E-state index contributed by atoms with van der Waals surface area (Å²) in [5.41, 5.74) is 8.83. The fraction of sp³-hybridized carbons (Fsp3) is 0.375. The number of carbonyl (C=O) groups is 1. The van der Waals surface area contributed by atoms with Crippen LogP contribution >= 0.6 is 0 Å². The van der Waals surface area contributed by atoms with E-state index >= 15 is 0 Å². The highest BCUT2D eigenvalue weighted by Crippen LogP contribution is 2.40. The average molecular weight is 515 g/mol. The summed E-state index contributed by atoms with van der Waals surface area (Å²) in [6, 6.07) is 16.2. The molecule has 0 saturated carbocycles. The van der Waals surface area contributed by atoms with Gasteiger partial charge in [-0.1, -0.05) is 30.3 Å². The zero-order valence-corrected chi connectivity index (χ0v) is 22.2. The molecule has 1 aliphatic heterocycles. The number of allylic oxidation sites excluding steroid dienone is 1. The zero-order chi connectivity index (χ0) is 26.8. The van der Waals surface area contributed by atoms with Gasteiger partial charge < -0.3 is 14.6 Å². The van der Waals surface area contributed by atoms with E-state index in [2.05, 4.69) is 29.2 Å². The van der Waals surface area contributed by atoms with E-state index in [1.54, 1.807) is 17.7 Å². The molecule has 3 aromatic rings. The van der Waals surface area contributed by atoms with Gasteiger partial charge in [-0.25, -0.2) is 4.79 Å². The SMILES string of the molecule is Cc1cc(C2=C(c3ccc(CC4CN(CCCF)C4)cc3)c3ccc(C(=O)O)cc3CCC2)cn(C)c1=O. The van der Waals surface area contributed by atoms with Crippen molar-refractivity contribution in [1.29, 1.82) is 0 Å². The first-order valence-electron chi connectivity index (χ1n) is 13.5. The van der Waals surface area contributed by atoms with Gasteiger partial charge in [-0.05, 0) is 102 Å². The van der Waals surface area contributed by atoms with E-state index in [1.807, 2.05) is 31.3 Å².